The van der Waals surface area contributed by atoms with E-state index in [1.807, 2.05) is 6.07 Å². The van der Waals surface area contributed by atoms with Gasteiger partial charge in [0.1, 0.15) is 0 Å². The van der Waals surface area contributed by atoms with Crippen LogP contribution in [0.25, 0.3) is 0 Å². The summed E-state index contributed by atoms with van der Waals surface area (Å²) in [5, 5.41) is 8.63. The first-order valence-corrected chi connectivity index (χ1v) is 6.19. The minimum absolute atomic E-state index is 0. The Morgan fingerprint density at radius 3 is 2.61 bits per heavy atom. The molecule has 0 spiro atoms. The molecule has 1 aliphatic heterocycles. The van der Waals surface area contributed by atoms with E-state index in [1.54, 1.807) is 0 Å². The number of benzene rings is 1. The molecule has 2 unspecified atom stereocenters. The Bertz CT molecular complexity index is 383. The molecule has 1 aromatic rings. The van der Waals surface area contributed by atoms with Crippen LogP contribution in [0.5, 0.6) is 0 Å². The fraction of sp³-hybridized carbons (Fsp3) is 0.500. The van der Waals surface area contributed by atoms with Gasteiger partial charge in [0.15, 0.2) is 0 Å². The summed E-state index contributed by atoms with van der Waals surface area (Å²) in [6.07, 6.45) is 1.01. The Labute approximate surface area is 114 Å². The van der Waals surface area contributed by atoms with Gasteiger partial charge in [-0.2, -0.15) is 0 Å². The largest absolute Gasteiger partial charge is 0.481 e. The highest BCUT2D eigenvalue weighted by molar-refractivity contribution is 5.85. The van der Waals surface area contributed by atoms with Crippen LogP contribution in [-0.4, -0.2) is 29.1 Å². The van der Waals surface area contributed by atoms with Gasteiger partial charge in [0, 0.05) is 19.0 Å². The van der Waals surface area contributed by atoms with Crippen molar-refractivity contribution in [3.63, 3.8) is 0 Å². The van der Waals surface area contributed by atoms with E-state index in [0.717, 1.165) is 19.5 Å². The molecular formula is C14H20ClNO2. The van der Waals surface area contributed by atoms with E-state index in [-0.39, 0.29) is 18.8 Å². The fourth-order valence-electron chi connectivity index (χ4n) is 2.66. The van der Waals surface area contributed by atoms with Crippen LogP contribution in [0.4, 0.5) is 0 Å². The Hall–Kier alpha value is -1.06. The number of carbonyl (C=O) groups is 1. The van der Waals surface area contributed by atoms with E-state index in [2.05, 4.69) is 36.1 Å². The van der Waals surface area contributed by atoms with E-state index in [9.17, 15) is 4.79 Å². The van der Waals surface area contributed by atoms with Crippen molar-refractivity contribution in [1.29, 1.82) is 0 Å². The molecule has 1 saturated heterocycles. The Balaban J connectivity index is 0.00000162. The third kappa shape index (κ3) is 3.47. The van der Waals surface area contributed by atoms with Gasteiger partial charge in [0.25, 0.3) is 0 Å². The van der Waals surface area contributed by atoms with Gasteiger partial charge in [-0.15, -0.1) is 12.4 Å². The number of rotatable bonds is 5. The number of carboxylic acid groups (broad SMARTS) is 1. The predicted molar refractivity (Wildman–Crippen MR) is 74.0 cm³/mol. The van der Waals surface area contributed by atoms with Gasteiger partial charge >= 0.3 is 5.97 Å². The van der Waals surface area contributed by atoms with Crippen molar-refractivity contribution in [1.82, 2.24) is 4.90 Å². The van der Waals surface area contributed by atoms with E-state index in [1.165, 1.54) is 5.56 Å². The molecule has 0 aliphatic carbocycles. The summed E-state index contributed by atoms with van der Waals surface area (Å²) in [6.45, 7) is 4.22. The zero-order valence-electron chi connectivity index (χ0n) is 10.6. The van der Waals surface area contributed by atoms with Gasteiger partial charge in [0.2, 0.25) is 0 Å². The van der Waals surface area contributed by atoms with Crippen molar-refractivity contribution < 1.29 is 9.90 Å². The second-order valence-electron chi connectivity index (χ2n) is 4.83. The third-order valence-electron chi connectivity index (χ3n) is 3.43. The summed E-state index contributed by atoms with van der Waals surface area (Å²) in [5.41, 5.74) is 1.35. The average molecular weight is 270 g/mol. The van der Waals surface area contributed by atoms with Crippen molar-refractivity contribution in [2.75, 3.05) is 13.1 Å². The monoisotopic (exact) mass is 269 g/mol. The van der Waals surface area contributed by atoms with Gasteiger partial charge in [-0.25, -0.2) is 0 Å². The number of carboxylic acids is 1. The molecule has 1 aliphatic rings. The predicted octanol–water partition coefficient (Wildman–Crippen LogP) is 2.97. The summed E-state index contributed by atoms with van der Waals surface area (Å²) in [6, 6.07) is 11.0. The molecule has 2 atom stereocenters. The van der Waals surface area contributed by atoms with Gasteiger partial charge in [-0.05, 0) is 24.4 Å². The fourth-order valence-corrected chi connectivity index (χ4v) is 2.66. The average Bonchev–Trinajstić information content (AvgIpc) is 2.28. The number of nitrogens with zero attached hydrogens (tertiary/aromatic N) is 1. The van der Waals surface area contributed by atoms with Crippen LogP contribution < -0.4 is 0 Å². The van der Waals surface area contributed by atoms with E-state index >= 15 is 0 Å². The zero-order valence-corrected chi connectivity index (χ0v) is 11.4. The Kier molecular flexibility index (Phi) is 5.63. The summed E-state index contributed by atoms with van der Waals surface area (Å²) >= 11 is 0. The molecule has 1 heterocycles. The normalized spacial score (nSPS) is 22.9. The van der Waals surface area contributed by atoms with Crippen molar-refractivity contribution in [3.8, 4) is 0 Å². The number of likely N-dealkylation sites (tertiary alicyclic amines) is 1. The van der Waals surface area contributed by atoms with E-state index in [0.29, 0.717) is 12.0 Å². The van der Waals surface area contributed by atoms with Gasteiger partial charge in [-0.1, -0.05) is 37.3 Å². The summed E-state index contributed by atoms with van der Waals surface area (Å²) in [5.74, 6) is -0.0305. The second kappa shape index (κ2) is 6.76. The van der Waals surface area contributed by atoms with Crippen LogP contribution in [0.3, 0.4) is 0 Å². The minimum atomic E-state index is -0.699. The number of hydrogen-bond acceptors (Lipinski definition) is 2. The first-order chi connectivity index (χ1) is 8.18. The van der Waals surface area contributed by atoms with Gasteiger partial charge in [-0.3, -0.25) is 9.69 Å². The first kappa shape index (κ1) is 15.0. The molecule has 0 amide bonds. The quantitative estimate of drug-likeness (QED) is 0.893. The standard InChI is InChI=1S/C14H19NO2.ClH/c1-11-10-15(9-5-8-13(16)17)14(11)12-6-3-2-4-7-12;/h2-4,6-7,11,14H,5,8-10H2,1H3,(H,16,17);1H. The molecule has 100 valence electrons. The molecule has 1 fully saturated rings. The van der Waals surface area contributed by atoms with Crippen LogP contribution in [0.2, 0.25) is 0 Å². The number of hydrogen-bond donors (Lipinski definition) is 1. The highest BCUT2D eigenvalue weighted by atomic mass is 35.5. The van der Waals surface area contributed by atoms with Crippen molar-refractivity contribution >= 4 is 18.4 Å². The van der Waals surface area contributed by atoms with E-state index in [4.69, 9.17) is 5.11 Å². The highest BCUT2D eigenvalue weighted by Gasteiger charge is 2.35. The molecule has 0 aromatic heterocycles. The topological polar surface area (TPSA) is 40.5 Å². The molecule has 2 rings (SSSR count). The lowest BCUT2D eigenvalue weighted by Gasteiger charge is -2.47. The number of halogens is 1. The van der Waals surface area contributed by atoms with Crippen LogP contribution in [-0.2, 0) is 4.79 Å². The molecule has 18 heavy (non-hydrogen) atoms. The highest BCUT2D eigenvalue weighted by Crippen LogP contribution is 2.38. The zero-order chi connectivity index (χ0) is 12.3. The SMILES string of the molecule is CC1CN(CCCC(=O)O)C1c1ccccc1.Cl. The Morgan fingerprint density at radius 1 is 1.39 bits per heavy atom. The number of aliphatic carboxylic acids is 1. The van der Waals surface area contributed by atoms with E-state index < -0.39 is 5.97 Å². The lowest BCUT2D eigenvalue weighted by atomic mass is 9.84. The molecule has 1 N–H and O–H groups in total. The summed E-state index contributed by atoms with van der Waals surface area (Å²) in [7, 11) is 0. The summed E-state index contributed by atoms with van der Waals surface area (Å²) < 4.78 is 0. The molecule has 0 saturated carbocycles. The van der Waals surface area contributed by atoms with Crippen molar-refractivity contribution in [2.24, 2.45) is 5.92 Å². The van der Waals surface area contributed by atoms with Crippen molar-refractivity contribution in [3.05, 3.63) is 35.9 Å². The lowest BCUT2D eigenvalue weighted by molar-refractivity contribution is -0.137. The summed E-state index contributed by atoms with van der Waals surface area (Å²) in [4.78, 5) is 12.9. The maximum Gasteiger partial charge on any atom is 0.303 e. The van der Waals surface area contributed by atoms with Crippen molar-refractivity contribution in [2.45, 2.75) is 25.8 Å². The molecule has 3 nitrogen and oxygen atoms in total. The molecule has 1 aromatic carbocycles. The van der Waals surface area contributed by atoms with Crippen LogP contribution >= 0.6 is 12.4 Å². The third-order valence-corrected chi connectivity index (χ3v) is 3.43. The molecule has 4 heteroatoms. The van der Waals surface area contributed by atoms with Crippen LogP contribution in [0, 0.1) is 5.92 Å². The maximum atomic E-state index is 10.5. The lowest BCUT2D eigenvalue weighted by Crippen LogP contribution is -2.48. The smallest absolute Gasteiger partial charge is 0.303 e. The van der Waals surface area contributed by atoms with Gasteiger partial charge in [0.05, 0.1) is 0 Å². The Morgan fingerprint density at radius 2 is 2.06 bits per heavy atom. The molecule has 0 radical (unpaired) electrons. The minimum Gasteiger partial charge on any atom is -0.481 e. The van der Waals surface area contributed by atoms with Gasteiger partial charge < -0.3 is 5.11 Å². The second-order valence-corrected chi connectivity index (χ2v) is 4.83. The molecule has 0 bridgehead atoms. The van der Waals surface area contributed by atoms with Crippen LogP contribution in [0.1, 0.15) is 31.4 Å². The van der Waals surface area contributed by atoms with Crippen LogP contribution in [0.15, 0.2) is 30.3 Å². The maximum absolute atomic E-state index is 10.5. The first-order valence-electron chi connectivity index (χ1n) is 6.19. The molecular weight excluding hydrogens is 250 g/mol.